The van der Waals surface area contributed by atoms with Gasteiger partial charge < -0.3 is 10.1 Å². The topological polar surface area (TPSA) is 62.1 Å². The van der Waals surface area contributed by atoms with Crippen LogP contribution in [0.4, 0.5) is 5.69 Å². The molecule has 0 spiro atoms. The van der Waals surface area contributed by atoms with Gasteiger partial charge in [-0.25, -0.2) is 0 Å². The van der Waals surface area contributed by atoms with Crippen molar-refractivity contribution in [1.29, 1.82) is 5.26 Å². The summed E-state index contributed by atoms with van der Waals surface area (Å²) in [6.45, 7) is 2.43. The largest absolute Gasteiger partial charge is 0.492 e. The number of ether oxygens (including phenoxy) is 1. The number of anilines is 1. The summed E-state index contributed by atoms with van der Waals surface area (Å²) in [5, 5.41) is 12.1. The van der Waals surface area contributed by atoms with Gasteiger partial charge in [0, 0.05) is 4.90 Å². The summed E-state index contributed by atoms with van der Waals surface area (Å²) in [5.41, 5.74) is 5.72. The molecule has 0 aliphatic carbocycles. The fourth-order valence-corrected chi connectivity index (χ4v) is 4.87. The molecule has 1 amide bonds. The lowest BCUT2D eigenvalue weighted by atomic mass is 9.94. The lowest BCUT2D eigenvalue weighted by Gasteiger charge is -2.27. The van der Waals surface area contributed by atoms with Crippen LogP contribution in [0.1, 0.15) is 34.4 Å². The second kappa shape index (κ2) is 8.89. The van der Waals surface area contributed by atoms with E-state index >= 15 is 0 Å². The van der Waals surface area contributed by atoms with Gasteiger partial charge in [-0.2, -0.15) is 5.26 Å². The highest BCUT2D eigenvalue weighted by Gasteiger charge is 2.26. The zero-order chi connectivity index (χ0) is 20.9. The second-order valence-corrected chi connectivity index (χ2v) is 7.93. The van der Waals surface area contributed by atoms with Crippen molar-refractivity contribution in [3.63, 3.8) is 0 Å². The summed E-state index contributed by atoms with van der Waals surface area (Å²) in [6, 6.07) is 24.2. The van der Waals surface area contributed by atoms with Gasteiger partial charge in [-0.1, -0.05) is 42.5 Å². The second-order valence-electron chi connectivity index (χ2n) is 6.78. The van der Waals surface area contributed by atoms with Crippen LogP contribution in [0, 0.1) is 11.3 Å². The average Bonchev–Trinajstić information content (AvgIpc) is 2.80. The molecular formula is C25H20N2O2S. The molecule has 4 nitrogen and oxygen atoms in total. The van der Waals surface area contributed by atoms with Crippen LogP contribution in [0.2, 0.25) is 0 Å². The third-order valence-corrected chi connectivity index (χ3v) is 6.28. The summed E-state index contributed by atoms with van der Waals surface area (Å²) in [6.07, 6.45) is 2.84. The van der Waals surface area contributed by atoms with Crippen LogP contribution in [0.5, 0.6) is 5.75 Å². The van der Waals surface area contributed by atoms with E-state index in [1.54, 1.807) is 11.8 Å². The van der Waals surface area contributed by atoms with Crippen LogP contribution < -0.4 is 10.1 Å². The lowest BCUT2D eigenvalue weighted by molar-refractivity contribution is -0.105. The molecule has 4 rings (SSSR count). The minimum Gasteiger partial charge on any atom is -0.492 e. The van der Waals surface area contributed by atoms with Gasteiger partial charge in [0.25, 0.3) is 0 Å². The quantitative estimate of drug-likeness (QED) is 0.511. The number of hydrogen-bond donors (Lipinski definition) is 1. The maximum atomic E-state index is 11.1. The molecule has 0 fully saturated rings. The maximum Gasteiger partial charge on any atom is 0.211 e. The molecule has 1 aliphatic heterocycles. The molecule has 148 valence electrons. The molecule has 30 heavy (non-hydrogen) atoms. The number of carbonyl (C=O) groups excluding carboxylic acids is 1. The molecular weight excluding hydrogens is 392 g/mol. The molecule has 1 heterocycles. The van der Waals surface area contributed by atoms with E-state index in [-0.39, 0.29) is 5.25 Å². The van der Waals surface area contributed by atoms with Crippen LogP contribution in [-0.2, 0) is 4.79 Å². The number of benzene rings is 3. The smallest absolute Gasteiger partial charge is 0.211 e. The molecule has 1 aliphatic rings. The number of nitrogens with zero attached hydrogens (tertiary/aromatic N) is 1. The van der Waals surface area contributed by atoms with Crippen molar-refractivity contribution in [1.82, 2.24) is 0 Å². The van der Waals surface area contributed by atoms with Crippen molar-refractivity contribution in [2.24, 2.45) is 0 Å². The predicted octanol–water partition coefficient (Wildman–Crippen LogP) is 5.91. The summed E-state index contributed by atoms with van der Waals surface area (Å²) < 4.78 is 5.65. The van der Waals surface area contributed by atoms with Gasteiger partial charge in [-0.15, -0.1) is 11.8 Å². The van der Waals surface area contributed by atoms with Crippen LogP contribution in [0.15, 0.2) is 71.6 Å². The van der Waals surface area contributed by atoms with E-state index in [0.29, 0.717) is 30.0 Å². The van der Waals surface area contributed by atoms with Crippen LogP contribution in [-0.4, -0.2) is 13.0 Å². The Kier molecular flexibility index (Phi) is 5.87. The summed E-state index contributed by atoms with van der Waals surface area (Å²) in [5.74, 6) is 0.646. The van der Waals surface area contributed by atoms with E-state index in [9.17, 15) is 10.1 Å². The third-order valence-electron chi connectivity index (χ3n) is 4.91. The van der Waals surface area contributed by atoms with E-state index in [1.807, 2.05) is 61.5 Å². The van der Waals surface area contributed by atoms with Gasteiger partial charge in [-0.3, -0.25) is 4.79 Å². The van der Waals surface area contributed by atoms with E-state index in [1.165, 1.54) is 5.56 Å². The highest BCUT2D eigenvalue weighted by Crippen LogP contribution is 2.51. The summed E-state index contributed by atoms with van der Waals surface area (Å²) in [4.78, 5) is 12.2. The van der Waals surface area contributed by atoms with E-state index in [0.717, 1.165) is 21.6 Å². The minimum atomic E-state index is 0.0645. The lowest BCUT2D eigenvalue weighted by Crippen LogP contribution is -2.05. The van der Waals surface area contributed by atoms with Crippen LogP contribution in [0.3, 0.4) is 0 Å². The number of thioether (sulfide) groups is 1. The molecule has 1 atom stereocenters. The first-order valence-corrected chi connectivity index (χ1v) is 10.6. The number of amides is 1. The Morgan fingerprint density at radius 1 is 1.13 bits per heavy atom. The Balaban J connectivity index is 1.85. The Bertz CT molecular complexity index is 1150. The monoisotopic (exact) mass is 412 g/mol. The van der Waals surface area contributed by atoms with Gasteiger partial charge in [0.1, 0.15) is 5.75 Å². The highest BCUT2D eigenvalue weighted by atomic mass is 32.2. The van der Waals surface area contributed by atoms with Gasteiger partial charge >= 0.3 is 0 Å². The molecule has 0 radical (unpaired) electrons. The zero-order valence-corrected chi connectivity index (χ0v) is 17.3. The number of fused-ring (bicyclic) bond motifs is 1. The van der Waals surface area contributed by atoms with Gasteiger partial charge in [-0.05, 0) is 59.5 Å². The normalized spacial score (nSPS) is 14.8. The van der Waals surface area contributed by atoms with Crippen molar-refractivity contribution >= 4 is 35.5 Å². The molecule has 0 saturated carbocycles. The van der Waals surface area contributed by atoms with E-state index < -0.39 is 0 Å². The van der Waals surface area contributed by atoms with Crippen molar-refractivity contribution in [2.75, 3.05) is 11.9 Å². The Morgan fingerprint density at radius 2 is 1.97 bits per heavy atom. The van der Waals surface area contributed by atoms with Crippen LogP contribution in [0.25, 0.3) is 11.6 Å². The molecule has 1 unspecified atom stereocenters. The first-order valence-electron chi connectivity index (χ1n) is 9.68. The van der Waals surface area contributed by atoms with Crippen molar-refractivity contribution in [3.05, 3.63) is 89.0 Å². The number of rotatable bonds is 6. The van der Waals surface area contributed by atoms with Crippen molar-refractivity contribution < 1.29 is 9.53 Å². The Hall–Kier alpha value is -3.49. The number of hydrogen-bond acceptors (Lipinski definition) is 4. The highest BCUT2D eigenvalue weighted by molar-refractivity contribution is 8.00. The molecule has 0 aromatic heterocycles. The Morgan fingerprint density at radius 3 is 2.70 bits per heavy atom. The SMILES string of the molecule is CCOc1ccc(C2=Cc3ccc(C#N)cc3SC2c2ccccc2)cc1NC=O. The molecule has 3 aromatic rings. The number of nitrogens with one attached hydrogen (secondary N) is 1. The van der Waals surface area contributed by atoms with Gasteiger partial charge in [0.2, 0.25) is 6.41 Å². The van der Waals surface area contributed by atoms with Gasteiger partial charge in [0.05, 0.1) is 29.2 Å². The standard InChI is InChI=1S/C25H20N2O2S/c1-2-29-23-11-10-19(14-22(23)27-16-28)21-13-20-9-8-17(15-26)12-24(20)30-25(21)18-6-4-3-5-7-18/h3-14,16,25H,2H2,1H3,(H,27,28). The summed E-state index contributed by atoms with van der Waals surface area (Å²) in [7, 11) is 0. The van der Waals surface area contributed by atoms with Crippen molar-refractivity contribution in [3.8, 4) is 11.8 Å². The van der Waals surface area contributed by atoms with E-state index in [2.05, 4.69) is 29.6 Å². The van der Waals surface area contributed by atoms with Gasteiger partial charge in [0.15, 0.2) is 0 Å². The average molecular weight is 413 g/mol. The fourth-order valence-electron chi connectivity index (χ4n) is 3.54. The molecule has 1 N–H and O–H groups in total. The van der Waals surface area contributed by atoms with E-state index in [4.69, 9.17) is 4.74 Å². The first-order chi connectivity index (χ1) is 14.7. The van der Waals surface area contributed by atoms with Crippen molar-refractivity contribution in [2.45, 2.75) is 17.1 Å². The number of nitriles is 1. The third kappa shape index (κ3) is 3.96. The Labute approximate surface area is 180 Å². The maximum absolute atomic E-state index is 11.1. The first kappa shape index (κ1) is 19.8. The minimum absolute atomic E-state index is 0.0645. The number of carbonyl (C=O) groups is 1. The predicted molar refractivity (Wildman–Crippen MR) is 121 cm³/mol. The molecule has 0 saturated heterocycles. The fraction of sp³-hybridized carbons (Fsp3) is 0.120. The zero-order valence-electron chi connectivity index (χ0n) is 16.5. The summed E-state index contributed by atoms with van der Waals surface area (Å²) >= 11 is 1.74. The molecule has 0 bridgehead atoms. The molecule has 3 aromatic carbocycles. The molecule has 5 heteroatoms. The van der Waals surface area contributed by atoms with Crippen LogP contribution >= 0.6 is 11.8 Å².